The second kappa shape index (κ2) is 6.78. The van der Waals surface area contributed by atoms with E-state index in [2.05, 4.69) is 46.3 Å². The van der Waals surface area contributed by atoms with Crippen LogP contribution in [0.1, 0.15) is 16.5 Å². The number of thiazole rings is 1. The molecule has 6 heteroatoms. The summed E-state index contributed by atoms with van der Waals surface area (Å²) in [5.41, 5.74) is 4.15. The van der Waals surface area contributed by atoms with Crippen LogP contribution in [0.3, 0.4) is 0 Å². The number of aromatic nitrogens is 3. The lowest BCUT2D eigenvalue weighted by Gasteiger charge is -1.96. The lowest BCUT2D eigenvalue weighted by Crippen LogP contribution is -1.88. The Balaban J connectivity index is 1.52. The van der Waals surface area contributed by atoms with Crippen LogP contribution in [0.15, 0.2) is 58.4 Å². The standard InChI is InChI=1S/C19H14ClN3OS/c1-12-5-7-13(8-6-12)16-11-25-18(21-16)10-17-22-19(23-24-17)14-3-2-4-15(20)9-14/h2-9,11H,10H2,1H3. The molecule has 25 heavy (non-hydrogen) atoms. The normalized spacial score (nSPS) is 11.0. The Morgan fingerprint density at radius 3 is 2.68 bits per heavy atom. The number of halogens is 1. The van der Waals surface area contributed by atoms with Gasteiger partial charge in [0.2, 0.25) is 11.7 Å². The Bertz CT molecular complexity index is 1010. The van der Waals surface area contributed by atoms with Crippen molar-refractivity contribution in [1.29, 1.82) is 0 Å². The van der Waals surface area contributed by atoms with Crippen LogP contribution in [-0.4, -0.2) is 15.1 Å². The van der Waals surface area contributed by atoms with Crippen LogP contribution in [0.25, 0.3) is 22.6 Å². The summed E-state index contributed by atoms with van der Waals surface area (Å²) >= 11 is 7.60. The van der Waals surface area contributed by atoms with Gasteiger partial charge in [-0.25, -0.2) is 4.98 Å². The first-order valence-corrected chi connectivity index (χ1v) is 9.03. The smallest absolute Gasteiger partial charge is 0.233 e. The average molecular weight is 368 g/mol. The Kier molecular flexibility index (Phi) is 4.34. The number of hydrogen-bond acceptors (Lipinski definition) is 5. The fraction of sp³-hybridized carbons (Fsp3) is 0.105. The molecule has 0 unspecified atom stereocenters. The molecule has 0 spiro atoms. The van der Waals surface area contributed by atoms with Crippen molar-refractivity contribution in [2.45, 2.75) is 13.3 Å². The fourth-order valence-corrected chi connectivity index (χ4v) is 3.43. The third kappa shape index (κ3) is 3.62. The van der Waals surface area contributed by atoms with E-state index in [0.29, 0.717) is 23.2 Å². The SMILES string of the molecule is Cc1ccc(-c2csc(Cc3nc(-c4cccc(Cl)c4)no3)n2)cc1. The second-order valence-corrected chi connectivity index (χ2v) is 7.07. The highest BCUT2D eigenvalue weighted by Gasteiger charge is 2.12. The van der Waals surface area contributed by atoms with E-state index in [1.54, 1.807) is 11.3 Å². The highest BCUT2D eigenvalue weighted by atomic mass is 35.5. The highest BCUT2D eigenvalue weighted by Crippen LogP contribution is 2.25. The number of rotatable bonds is 4. The van der Waals surface area contributed by atoms with E-state index in [0.717, 1.165) is 21.8 Å². The molecule has 0 saturated heterocycles. The molecule has 0 N–H and O–H groups in total. The van der Waals surface area contributed by atoms with Gasteiger partial charge in [0.1, 0.15) is 5.01 Å². The van der Waals surface area contributed by atoms with Gasteiger partial charge in [-0.1, -0.05) is 58.7 Å². The average Bonchev–Trinajstić information content (AvgIpc) is 3.26. The van der Waals surface area contributed by atoms with Crippen LogP contribution in [0, 0.1) is 6.92 Å². The van der Waals surface area contributed by atoms with Crippen LogP contribution in [-0.2, 0) is 6.42 Å². The summed E-state index contributed by atoms with van der Waals surface area (Å²) in [5.74, 6) is 1.08. The molecule has 4 aromatic rings. The number of benzene rings is 2. The van der Waals surface area contributed by atoms with Crippen LogP contribution in [0.5, 0.6) is 0 Å². The molecule has 4 rings (SSSR count). The Labute approximate surface area is 154 Å². The van der Waals surface area contributed by atoms with Gasteiger partial charge in [0.25, 0.3) is 0 Å². The number of aryl methyl sites for hydroxylation is 1. The minimum Gasteiger partial charge on any atom is -0.339 e. The zero-order valence-corrected chi connectivity index (χ0v) is 15.0. The first kappa shape index (κ1) is 16.0. The number of nitrogens with zero attached hydrogens (tertiary/aromatic N) is 3. The first-order valence-electron chi connectivity index (χ1n) is 7.77. The third-order valence-electron chi connectivity index (χ3n) is 3.75. The van der Waals surface area contributed by atoms with Crippen LogP contribution >= 0.6 is 22.9 Å². The zero-order chi connectivity index (χ0) is 17.2. The van der Waals surface area contributed by atoms with E-state index in [9.17, 15) is 0 Å². The van der Waals surface area contributed by atoms with Crippen molar-refractivity contribution in [3.8, 4) is 22.6 Å². The van der Waals surface area contributed by atoms with Crippen molar-refractivity contribution in [3.63, 3.8) is 0 Å². The summed E-state index contributed by atoms with van der Waals surface area (Å²) < 4.78 is 5.36. The molecule has 0 aliphatic rings. The fourth-order valence-electron chi connectivity index (χ4n) is 2.45. The van der Waals surface area contributed by atoms with Crippen LogP contribution in [0.2, 0.25) is 5.02 Å². The maximum Gasteiger partial charge on any atom is 0.233 e. The van der Waals surface area contributed by atoms with E-state index < -0.39 is 0 Å². The van der Waals surface area contributed by atoms with Crippen molar-refractivity contribution in [2.24, 2.45) is 0 Å². The zero-order valence-electron chi connectivity index (χ0n) is 13.4. The van der Waals surface area contributed by atoms with Gasteiger partial charge in [-0.05, 0) is 19.1 Å². The van der Waals surface area contributed by atoms with Crippen molar-refractivity contribution >= 4 is 22.9 Å². The summed E-state index contributed by atoms with van der Waals surface area (Å²) in [4.78, 5) is 9.11. The predicted molar refractivity (Wildman–Crippen MR) is 99.8 cm³/mol. The Hall–Kier alpha value is -2.50. The van der Waals surface area contributed by atoms with Crippen molar-refractivity contribution < 1.29 is 4.52 Å². The van der Waals surface area contributed by atoms with Gasteiger partial charge in [0.05, 0.1) is 12.1 Å². The van der Waals surface area contributed by atoms with Gasteiger partial charge in [0.15, 0.2) is 0 Å². The quantitative estimate of drug-likeness (QED) is 0.483. The third-order valence-corrected chi connectivity index (χ3v) is 4.84. The van der Waals surface area contributed by atoms with E-state index in [1.165, 1.54) is 5.56 Å². The summed E-state index contributed by atoms with van der Waals surface area (Å²) in [6.45, 7) is 2.07. The van der Waals surface area contributed by atoms with Crippen molar-refractivity contribution in [1.82, 2.24) is 15.1 Å². The maximum absolute atomic E-state index is 6.01. The van der Waals surface area contributed by atoms with Gasteiger partial charge in [-0.3, -0.25) is 0 Å². The van der Waals surface area contributed by atoms with E-state index in [4.69, 9.17) is 16.1 Å². The van der Waals surface area contributed by atoms with Gasteiger partial charge in [-0.2, -0.15) is 4.98 Å². The van der Waals surface area contributed by atoms with Crippen LogP contribution in [0.4, 0.5) is 0 Å². The molecule has 4 nitrogen and oxygen atoms in total. The molecule has 2 aromatic heterocycles. The predicted octanol–water partition coefficient (Wildman–Crippen LogP) is 5.41. The summed E-state index contributed by atoms with van der Waals surface area (Å²) in [5, 5.41) is 7.67. The molecule has 2 heterocycles. The minimum atomic E-state index is 0.518. The first-order chi connectivity index (χ1) is 12.2. The van der Waals surface area contributed by atoms with Crippen molar-refractivity contribution in [2.75, 3.05) is 0 Å². The largest absolute Gasteiger partial charge is 0.339 e. The maximum atomic E-state index is 6.01. The molecule has 124 valence electrons. The van der Waals surface area contributed by atoms with Crippen molar-refractivity contribution in [3.05, 3.63) is 75.4 Å². The summed E-state index contributed by atoms with van der Waals surface area (Å²) in [7, 11) is 0. The molecule has 0 aliphatic carbocycles. The van der Waals surface area contributed by atoms with E-state index in [1.807, 2.05) is 29.6 Å². The summed E-state index contributed by atoms with van der Waals surface area (Å²) in [6.07, 6.45) is 0.518. The van der Waals surface area contributed by atoms with Gasteiger partial charge >= 0.3 is 0 Å². The molecule has 0 amide bonds. The molecule has 0 radical (unpaired) electrons. The summed E-state index contributed by atoms with van der Waals surface area (Å²) in [6, 6.07) is 15.7. The molecule has 0 bridgehead atoms. The lowest BCUT2D eigenvalue weighted by atomic mass is 10.1. The molecular weight excluding hydrogens is 354 g/mol. The minimum absolute atomic E-state index is 0.518. The Morgan fingerprint density at radius 1 is 1.04 bits per heavy atom. The van der Waals surface area contributed by atoms with Gasteiger partial charge in [0, 0.05) is 21.5 Å². The topological polar surface area (TPSA) is 51.8 Å². The monoisotopic (exact) mass is 367 g/mol. The van der Waals surface area contributed by atoms with Crippen LogP contribution < -0.4 is 0 Å². The van der Waals surface area contributed by atoms with E-state index in [-0.39, 0.29) is 0 Å². The van der Waals surface area contributed by atoms with Gasteiger partial charge < -0.3 is 4.52 Å². The van der Waals surface area contributed by atoms with Gasteiger partial charge in [-0.15, -0.1) is 11.3 Å². The molecule has 0 aliphatic heterocycles. The number of hydrogen-bond donors (Lipinski definition) is 0. The lowest BCUT2D eigenvalue weighted by molar-refractivity contribution is 0.385. The van der Waals surface area contributed by atoms with E-state index >= 15 is 0 Å². The molecule has 0 fully saturated rings. The molecule has 2 aromatic carbocycles. The highest BCUT2D eigenvalue weighted by molar-refractivity contribution is 7.10. The molecular formula is C19H14ClN3OS. The Morgan fingerprint density at radius 2 is 1.88 bits per heavy atom. The second-order valence-electron chi connectivity index (χ2n) is 5.69. The molecule has 0 saturated carbocycles. The molecule has 0 atom stereocenters.